The molecule has 22 heavy (non-hydrogen) atoms. The molecule has 2 N–H and O–H groups in total. The van der Waals surface area contributed by atoms with E-state index in [9.17, 15) is 0 Å². The molecule has 0 fully saturated rings. The number of aromatic amines is 2. The van der Waals surface area contributed by atoms with Crippen LogP contribution in [-0.2, 0) is 0 Å². The number of aliphatic imine (C=N–C) groups is 1. The lowest BCUT2D eigenvalue weighted by Crippen LogP contribution is -1.91. The van der Waals surface area contributed by atoms with Gasteiger partial charge in [-0.1, -0.05) is 6.92 Å². The summed E-state index contributed by atoms with van der Waals surface area (Å²) in [4.78, 5) is 11.3. The first-order chi connectivity index (χ1) is 10.6. The van der Waals surface area contributed by atoms with Crippen molar-refractivity contribution in [2.75, 3.05) is 7.11 Å². The molecule has 0 saturated carbocycles. The molecule has 4 nitrogen and oxygen atoms in total. The largest absolute Gasteiger partial charge is 0.494 e. The van der Waals surface area contributed by atoms with E-state index < -0.39 is 0 Å². The molecule has 1 aliphatic heterocycles. The predicted octanol–water partition coefficient (Wildman–Crippen LogP) is 4.56. The van der Waals surface area contributed by atoms with E-state index in [0.29, 0.717) is 0 Å². The second kappa shape index (κ2) is 5.72. The van der Waals surface area contributed by atoms with Crippen LogP contribution in [0.25, 0.3) is 17.5 Å². The lowest BCUT2D eigenvalue weighted by atomic mass is 10.0. The van der Waals surface area contributed by atoms with E-state index in [1.54, 1.807) is 7.11 Å². The zero-order valence-corrected chi connectivity index (χ0v) is 13.4. The fourth-order valence-electron chi connectivity index (χ4n) is 2.93. The summed E-state index contributed by atoms with van der Waals surface area (Å²) >= 11 is 0. The second-order valence-corrected chi connectivity index (χ2v) is 5.43. The first kappa shape index (κ1) is 14.4. The quantitative estimate of drug-likeness (QED) is 0.853. The molecular weight excluding hydrogens is 274 g/mol. The van der Waals surface area contributed by atoms with Crippen molar-refractivity contribution in [1.82, 2.24) is 9.97 Å². The van der Waals surface area contributed by atoms with E-state index >= 15 is 0 Å². The third kappa shape index (κ3) is 2.41. The van der Waals surface area contributed by atoms with Gasteiger partial charge in [-0.15, -0.1) is 0 Å². The number of hydrogen-bond donors (Lipinski definition) is 2. The number of aromatic nitrogens is 2. The Morgan fingerprint density at radius 2 is 2.09 bits per heavy atom. The molecule has 3 heterocycles. The summed E-state index contributed by atoms with van der Waals surface area (Å²) in [5.41, 5.74) is 7.68. The van der Waals surface area contributed by atoms with Crippen LogP contribution in [0, 0.1) is 0 Å². The van der Waals surface area contributed by atoms with Crippen molar-refractivity contribution in [1.29, 1.82) is 0 Å². The standard InChI is InChI=1S/C18H21N3O/c1-5-13-11(2)15(20-12(13)3)9-17-18(22-4)10-16(21-17)14-7-6-8-19-14/h6-10,19,21H,5H2,1-4H3. The highest BCUT2D eigenvalue weighted by Gasteiger charge is 2.17. The van der Waals surface area contributed by atoms with E-state index in [0.717, 1.165) is 40.7 Å². The molecule has 114 valence electrons. The summed E-state index contributed by atoms with van der Waals surface area (Å²) in [7, 11) is 1.69. The summed E-state index contributed by atoms with van der Waals surface area (Å²) in [6, 6.07) is 6.01. The van der Waals surface area contributed by atoms with Crippen LogP contribution in [0.15, 0.2) is 46.2 Å². The van der Waals surface area contributed by atoms with Crippen LogP contribution in [0.4, 0.5) is 0 Å². The average Bonchev–Trinajstić information content (AvgIpc) is 3.20. The number of hydrogen-bond acceptors (Lipinski definition) is 2. The minimum Gasteiger partial charge on any atom is -0.494 e. The van der Waals surface area contributed by atoms with Gasteiger partial charge in [-0.3, -0.25) is 4.99 Å². The molecule has 0 amide bonds. The minimum atomic E-state index is 0.822. The van der Waals surface area contributed by atoms with Crippen LogP contribution in [0.1, 0.15) is 32.9 Å². The number of methoxy groups -OCH3 is 1. The number of H-pyrrole nitrogens is 2. The molecule has 2 aromatic heterocycles. The molecule has 0 saturated heterocycles. The molecule has 3 rings (SSSR count). The molecule has 0 bridgehead atoms. The van der Waals surface area contributed by atoms with Gasteiger partial charge in [-0.05, 0) is 49.6 Å². The summed E-state index contributed by atoms with van der Waals surface area (Å²) in [6.45, 7) is 6.37. The van der Waals surface area contributed by atoms with E-state index in [4.69, 9.17) is 4.74 Å². The second-order valence-electron chi connectivity index (χ2n) is 5.43. The van der Waals surface area contributed by atoms with Gasteiger partial charge in [-0.25, -0.2) is 0 Å². The lowest BCUT2D eigenvalue weighted by molar-refractivity contribution is 0.414. The van der Waals surface area contributed by atoms with Crippen molar-refractivity contribution in [3.63, 3.8) is 0 Å². The van der Waals surface area contributed by atoms with E-state index in [-0.39, 0.29) is 0 Å². The van der Waals surface area contributed by atoms with E-state index in [1.807, 2.05) is 24.4 Å². The SMILES string of the molecule is CCC1=C(C)C(=Cc2[nH]c(-c3ccc[nH]3)cc2OC)N=C1C. The third-order valence-electron chi connectivity index (χ3n) is 4.11. The van der Waals surface area contributed by atoms with Crippen LogP contribution < -0.4 is 4.74 Å². The summed E-state index contributed by atoms with van der Waals surface area (Å²) < 4.78 is 5.50. The van der Waals surface area contributed by atoms with Gasteiger partial charge in [0, 0.05) is 18.0 Å². The molecule has 4 heteroatoms. The molecule has 0 aromatic carbocycles. The molecule has 0 spiro atoms. The highest BCUT2D eigenvalue weighted by atomic mass is 16.5. The zero-order valence-electron chi connectivity index (χ0n) is 13.4. The number of nitrogens with one attached hydrogen (secondary N) is 2. The average molecular weight is 295 g/mol. The Morgan fingerprint density at radius 3 is 2.68 bits per heavy atom. The van der Waals surface area contributed by atoms with E-state index in [2.05, 4.69) is 41.8 Å². The fraction of sp³-hybridized carbons (Fsp3) is 0.278. The Morgan fingerprint density at radius 1 is 1.27 bits per heavy atom. The molecular formula is C18H21N3O. The molecule has 2 aromatic rings. The Hall–Kier alpha value is -2.49. The predicted molar refractivity (Wildman–Crippen MR) is 91.2 cm³/mol. The van der Waals surface area contributed by atoms with Crippen molar-refractivity contribution in [3.8, 4) is 17.1 Å². The topological polar surface area (TPSA) is 53.2 Å². The van der Waals surface area contributed by atoms with Gasteiger partial charge in [0.05, 0.1) is 29.9 Å². The van der Waals surface area contributed by atoms with Gasteiger partial charge in [-0.2, -0.15) is 0 Å². The molecule has 1 aliphatic rings. The van der Waals surface area contributed by atoms with Crippen molar-refractivity contribution in [2.24, 2.45) is 4.99 Å². The molecule has 0 aliphatic carbocycles. The van der Waals surface area contributed by atoms with E-state index in [1.165, 1.54) is 11.1 Å². The van der Waals surface area contributed by atoms with Gasteiger partial charge in [0.25, 0.3) is 0 Å². The Labute approximate surface area is 130 Å². The third-order valence-corrected chi connectivity index (χ3v) is 4.11. The number of ether oxygens (including phenoxy) is 1. The fourth-order valence-corrected chi connectivity index (χ4v) is 2.93. The van der Waals surface area contributed by atoms with Gasteiger partial charge >= 0.3 is 0 Å². The molecule has 0 atom stereocenters. The minimum absolute atomic E-state index is 0.822. The number of rotatable bonds is 4. The highest BCUT2D eigenvalue weighted by molar-refractivity contribution is 6.03. The Bertz CT molecular complexity index is 773. The van der Waals surface area contributed by atoms with Crippen LogP contribution in [-0.4, -0.2) is 22.8 Å². The smallest absolute Gasteiger partial charge is 0.144 e. The van der Waals surface area contributed by atoms with Crippen molar-refractivity contribution in [3.05, 3.63) is 46.9 Å². The van der Waals surface area contributed by atoms with Gasteiger partial charge in [0.15, 0.2) is 0 Å². The molecule has 0 unspecified atom stereocenters. The maximum atomic E-state index is 5.50. The first-order valence-electron chi connectivity index (χ1n) is 7.52. The molecule has 0 radical (unpaired) electrons. The van der Waals surface area contributed by atoms with Gasteiger partial charge < -0.3 is 14.7 Å². The summed E-state index contributed by atoms with van der Waals surface area (Å²) in [5.74, 6) is 0.822. The van der Waals surface area contributed by atoms with Crippen molar-refractivity contribution in [2.45, 2.75) is 27.2 Å². The highest BCUT2D eigenvalue weighted by Crippen LogP contribution is 2.32. The monoisotopic (exact) mass is 295 g/mol. The van der Waals surface area contributed by atoms with Gasteiger partial charge in [0.2, 0.25) is 0 Å². The van der Waals surface area contributed by atoms with Crippen molar-refractivity contribution >= 4 is 11.8 Å². The normalized spacial score (nSPS) is 16.5. The summed E-state index contributed by atoms with van der Waals surface area (Å²) in [5, 5.41) is 0. The maximum absolute atomic E-state index is 5.50. The van der Waals surface area contributed by atoms with Crippen LogP contribution in [0.5, 0.6) is 5.75 Å². The Kier molecular flexibility index (Phi) is 3.75. The number of allylic oxidation sites excluding steroid dienone is 2. The van der Waals surface area contributed by atoms with Crippen molar-refractivity contribution < 1.29 is 4.74 Å². The van der Waals surface area contributed by atoms with Crippen LogP contribution >= 0.6 is 0 Å². The summed E-state index contributed by atoms with van der Waals surface area (Å²) in [6.07, 6.45) is 4.98. The Balaban J connectivity index is 2.03. The van der Waals surface area contributed by atoms with Crippen LogP contribution in [0.2, 0.25) is 0 Å². The lowest BCUT2D eigenvalue weighted by Gasteiger charge is -2.01. The first-order valence-corrected chi connectivity index (χ1v) is 7.52. The zero-order chi connectivity index (χ0) is 15.7. The maximum Gasteiger partial charge on any atom is 0.144 e. The van der Waals surface area contributed by atoms with Gasteiger partial charge in [0.1, 0.15) is 5.75 Å². The van der Waals surface area contributed by atoms with Crippen LogP contribution in [0.3, 0.4) is 0 Å². The number of nitrogens with zero attached hydrogens (tertiary/aromatic N) is 1.